The summed E-state index contributed by atoms with van der Waals surface area (Å²) in [6.07, 6.45) is 2.05. The largest absolute Gasteiger partial charge is 0.355 e. The van der Waals surface area contributed by atoms with Crippen molar-refractivity contribution < 1.29 is 4.79 Å². The molecule has 2 aliphatic rings. The van der Waals surface area contributed by atoms with Gasteiger partial charge in [0.05, 0.1) is 0 Å². The Kier molecular flexibility index (Phi) is 3.76. The first-order chi connectivity index (χ1) is 13.2. The van der Waals surface area contributed by atoms with Crippen molar-refractivity contribution in [3.05, 3.63) is 59.7 Å². The minimum Gasteiger partial charge on any atom is -0.355 e. The van der Waals surface area contributed by atoms with Crippen LogP contribution < -0.4 is 10.2 Å². The number of aromatic amines is 1. The molecule has 0 saturated carbocycles. The van der Waals surface area contributed by atoms with E-state index in [1.165, 1.54) is 0 Å². The number of likely N-dealkylation sites (N-methyl/N-ethyl adjacent to an activating group) is 1. The number of piperazine rings is 1. The summed E-state index contributed by atoms with van der Waals surface area (Å²) < 4.78 is 0. The number of rotatable bonds is 2. The number of hydrogen-bond acceptors (Lipinski definition) is 3. The highest BCUT2D eigenvalue weighted by atomic mass is 16.2. The number of nitrogens with zero attached hydrogens (tertiary/aromatic N) is 2. The van der Waals surface area contributed by atoms with Crippen LogP contribution in [0.25, 0.3) is 22.6 Å². The van der Waals surface area contributed by atoms with E-state index in [1.807, 2.05) is 36.4 Å². The van der Waals surface area contributed by atoms with Crippen molar-refractivity contribution in [3.8, 4) is 0 Å². The Morgan fingerprint density at radius 2 is 1.70 bits per heavy atom. The van der Waals surface area contributed by atoms with Gasteiger partial charge in [-0.05, 0) is 25.3 Å². The number of para-hydroxylation sites is 2. The highest BCUT2D eigenvalue weighted by molar-refractivity contribution is 6.35. The van der Waals surface area contributed by atoms with Crippen molar-refractivity contribution in [2.75, 3.05) is 43.4 Å². The third-order valence-electron chi connectivity index (χ3n) is 5.54. The third kappa shape index (κ3) is 2.71. The Bertz CT molecular complexity index is 1060. The highest BCUT2D eigenvalue weighted by Gasteiger charge is 2.26. The molecule has 5 rings (SSSR count). The first-order valence-corrected chi connectivity index (χ1v) is 9.37. The molecule has 5 nitrogen and oxygen atoms in total. The number of H-pyrrole nitrogens is 1. The molecule has 1 fully saturated rings. The monoisotopic (exact) mass is 358 g/mol. The second kappa shape index (κ2) is 6.28. The number of amides is 1. The van der Waals surface area contributed by atoms with Crippen molar-refractivity contribution in [2.24, 2.45) is 0 Å². The molecule has 0 aliphatic carbocycles. The lowest BCUT2D eigenvalue weighted by Gasteiger charge is -2.33. The second-order valence-corrected chi connectivity index (χ2v) is 7.28. The normalized spacial score (nSPS) is 18.9. The number of benzene rings is 2. The lowest BCUT2D eigenvalue weighted by atomic mass is 10.0. The predicted octanol–water partition coefficient (Wildman–Crippen LogP) is 3.41. The van der Waals surface area contributed by atoms with E-state index in [-0.39, 0.29) is 5.91 Å². The Hall–Kier alpha value is -3.05. The van der Waals surface area contributed by atoms with E-state index < -0.39 is 0 Å². The van der Waals surface area contributed by atoms with Crippen molar-refractivity contribution >= 4 is 40.0 Å². The van der Waals surface area contributed by atoms with Gasteiger partial charge in [-0.3, -0.25) is 4.79 Å². The van der Waals surface area contributed by atoms with Crippen molar-refractivity contribution in [3.63, 3.8) is 0 Å². The fourth-order valence-electron chi connectivity index (χ4n) is 4.00. The zero-order valence-corrected chi connectivity index (χ0v) is 15.3. The molecule has 0 atom stereocenters. The molecule has 27 heavy (non-hydrogen) atoms. The lowest BCUT2D eigenvalue weighted by molar-refractivity contribution is -0.110. The van der Waals surface area contributed by atoms with E-state index in [0.29, 0.717) is 0 Å². The van der Waals surface area contributed by atoms with Crippen LogP contribution in [0.2, 0.25) is 0 Å². The Balaban J connectivity index is 1.66. The average Bonchev–Trinajstić information content (AvgIpc) is 3.21. The Morgan fingerprint density at radius 1 is 0.963 bits per heavy atom. The van der Waals surface area contributed by atoms with E-state index in [9.17, 15) is 4.79 Å². The summed E-state index contributed by atoms with van der Waals surface area (Å²) in [5.41, 5.74) is 4.78. The summed E-state index contributed by atoms with van der Waals surface area (Å²) in [5.74, 6) is 1.07. The Labute approximate surface area is 158 Å². The van der Waals surface area contributed by atoms with Crippen LogP contribution in [0.3, 0.4) is 0 Å². The van der Waals surface area contributed by atoms with Gasteiger partial charge >= 0.3 is 0 Å². The SMILES string of the molecule is CN1CCN(c2[nH]c3ccccc3c2/C=C2\C(=O)Nc3ccccc32)CC1. The first kappa shape index (κ1) is 16.1. The van der Waals surface area contributed by atoms with Crippen LogP contribution in [0, 0.1) is 0 Å². The molecule has 1 amide bonds. The molecule has 1 aromatic heterocycles. The van der Waals surface area contributed by atoms with E-state index in [4.69, 9.17) is 0 Å². The van der Waals surface area contributed by atoms with Crippen molar-refractivity contribution in [1.29, 1.82) is 0 Å². The van der Waals surface area contributed by atoms with E-state index >= 15 is 0 Å². The van der Waals surface area contributed by atoms with Gasteiger partial charge in [-0.1, -0.05) is 36.4 Å². The average molecular weight is 358 g/mol. The molecule has 3 heterocycles. The molecule has 2 N–H and O–H groups in total. The molecule has 5 heteroatoms. The van der Waals surface area contributed by atoms with Gasteiger partial charge in [-0.25, -0.2) is 0 Å². The minimum atomic E-state index is -0.0363. The molecule has 0 bridgehead atoms. The maximum absolute atomic E-state index is 12.6. The molecule has 0 radical (unpaired) electrons. The molecular formula is C22H22N4O. The summed E-state index contributed by atoms with van der Waals surface area (Å²) in [5, 5.41) is 4.12. The summed E-state index contributed by atoms with van der Waals surface area (Å²) in [6.45, 7) is 4.02. The van der Waals surface area contributed by atoms with Gasteiger partial charge in [-0.2, -0.15) is 0 Å². The van der Waals surface area contributed by atoms with Crippen LogP contribution in [0.4, 0.5) is 11.5 Å². The molecule has 2 aromatic carbocycles. The predicted molar refractivity (Wildman–Crippen MR) is 111 cm³/mol. The van der Waals surface area contributed by atoms with Gasteiger partial charge in [0.2, 0.25) is 0 Å². The quantitative estimate of drug-likeness (QED) is 0.690. The Morgan fingerprint density at radius 3 is 2.56 bits per heavy atom. The zero-order valence-electron chi connectivity index (χ0n) is 15.3. The highest BCUT2D eigenvalue weighted by Crippen LogP contribution is 2.37. The third-order valence-corrected chi connectivity index (χ3v) is 5.54. The fourth-order valence-corrected chi connectivity index (χ4v) is 4.00. The van der Waals surface area contributed by atoms with Crippen LogP contribution in [0.5, 0.6) is 0 Å². The van der Waals surface area contributed by atoms with Gasteiger partial charge in [-0.15, -0.1) is 0 Å². The first-order valence-electron chi connectivity index (χ1n) is 9.37. The number of fused-ring (bicyclic) bond motifs is 2. The summed E-state index contributed by atoms with van der Waals surface area (Å²) in [6, 6.07) is 16.2. The van der Waals surface area contributed by atoms with Crippen LogP contribution in [0.1, 0.15) is 11.1 Å². The minimum absolute atomic E-state index is 0.0363. The van der Waals surface area contributed by atoms with Crippen LogP contribution in [-0.4, -0.2) is 49.0 Å². The maximum atomic E-state index is 12.6. The number of aromatic nitrogens is 1. The zero-order chi connectivity index (χ0) is 18.4. The molecule has 136 valence electrons. The smallest absolute Gasteiger partial charge is 0.256 e. The number of nitrogens with one attached hydrogen (secondary N) is 2. The molecule has 2 aliphatic heterocycles. The fraction of sp³-hybridized carbons (Fsp3) is 0.227. The number of anilines is 2. The summed E-state index contributed by atoms with van der Waals surface area (Å²) in [4.78, 5) is 20.9. The number of hydrogen-bond donors (Lipinski definition) is 2. The van der Waals surface area contributed by atoms with E-state index in [2.05, 4.69) is 45.3 Å². The van der Waals surface area contributed by atoms with E-state index in [1.54, 1.807) is 0 Å². The van der Waals surface area contributed by atoms with Crippen LogP contribution in [-0.2, 0) is 4.79 Å². The molecular weight excluding hydrogens is 336 g/mol. The van der Waals surface area contributed by atoms with Crippen LogP contribution in [0.15, 0.2) is 48.5 Å². The number of carbonyl (C=O) groups excluding carboxylic acids is 1. The number of carbonyl (C=O) groups is 1. The topological polar surface area (TPSA) is 51.4 Å². The second-order valence-electron chi connectivity index (χ2n) is 7.28. The molecule has 3 aromatic rings. The van der Waals surface area contributed by atoms with Gasteiger partial charge < -0.3 is 20.1 Å². The summed E-state index contributed by atoms with van der Waals surface area (Å²) >= 11 is 0. The molecule has 0 unspecified atom stereocenters. The van der Waals surface area contributed by atoms with Gasteiger partial charge in [0, 0.05) is 59.5 Å². The van der Waals surface area contributed by atoms with Crippen molar-refractivity contribution in [1.82, 2.24) is 9.88 Å². The molecule has 0 spiro atoms. The summed E-state index contributed by atoms with van der Waals surface area (Å²) in [7, 11) is 2.16. The lowest BCUT2D eigenvalue weighted by Crippen LogP contribution is -2.44. The standard InChI is InChI=1S/C22H22N4O/c1-25-10-12-26(13-11-25)21-17(15-6-2-4-8-19(15)23-21)14-18-16-7-3-5-9-20(16)24-22(18)27/h2-9,14,23H,10-13H2,1H3,(H,24,27)/b18-14-. The molecule has 1 saturated heterocycles. The van der Waals surface area contributed by atoms with Gasteiger partial charge in [0.25, 0.3) is 5.91 Å². The maximum Gasteiger partial charge on any atom is 0.256 e. The van der Waals surface area contributed by atoms with E-state index in [0.717, 1.165) is 65.3 Å². The van der Waals surface area contributed by atoms with Gasteiger partial charge in [0.15, 0.2) is 0 Å². The van der Waals surface area contributed by atoms with Gasteiger partial charge in [0.1, 0.15) is 5.82 Å². The van der Waals surface area contributed by atoms with Crippen LogP contribution >= 0.6 is 0 Å². The van der Waals surface area contributed by atoms with Crippen molar-refractivity contribution in [2.45, 2.75) is 0 Å².